The van der Waals surface area contributed by atoms with E-state index in [1.54, 1.807) is 24.4 Å². The molecule has 0 aliphatic carbocycles. The SMILES string of the molecule is NC(=O)c1cccc(-c2ccc([C@@H]3CN(C(=O)Cc4c[nH]c5ccccc45)CCO3)nc2)c1. The number of carbonyl (C=O) groups is 2. The molecule has 166 valence electrons. The lowest BCUT2D eigenvalue weighted by Crippen LogP contribution is -2.43. The fourth-order valence-electron chi connectivity index (χ4n) is 4.23. The summed E-state index contributed by atoms with van der Waals surface area (Å²) in [6.07, 6.45) is 3.73. The molecule has 2 aromatic heterocycles. The van der Waals surface area contributed by atoms with Crippen LogP contribution in [0.25, 0.3) is 22.0 Å². The predicted octanol–water partition coefficient (Wildman–Crippen LogP) is 3.47. The van der Waals surface area contributed by atoms with E-state index in [-0.39, 0.29) is 12.0 Å². The van der Waals surface area contributed by atoms with Crippen LogP contribution in [0, 0.1) is 0 Å². The van der Waals surface area contributed by atoms with E-state index in [9.17, 15) is 9.59 Å². The second kappa shape index (κ2) is 8.88. The molecular formula is C26H24N4O3. The minimum absolute atomic E-state index is 0.0768. The number of para-hydroxylation sites is 1. The normalized spacial score (nSPS) is 16.1. The van der Waals surface area contributed by atoms with E-state index in [2.05, 4.69) is 9.97 Å². The summed E-state index contributed by atoms with van der Waals surface area (Å²) >= 11 is 0. The van der Waals surface area contributed by atoms with E-state index in [1.165, 1.54) is 0 Å². The van der Waals surface area contributed by atoms with E-state index in [0.717, 1.165) is 33.3 Å². The standard InChI is InChI=1S/C26H24N4O3/c27-26(32)18-5-3-4-17(12-18)19-8-9-23(29-14-19)24-16-30(10-11-33-24)25(31)13-20-15-28-22-7-2-1-6-21(20)22/h1-9,12,14-15,24,28H,10-11,13,16H2,(H2,27,32)/t24-/m0/s1. The maximum atomic E-state index is 13.0. The van der Waals surface area contributed by atoms with E-state index in [0.29, 0.717) is 31.7 Å². The molecule has 2 amide bonds. The maximum Gasteiger partial charge on any atom is 0.248 e. The summed E-state index contributed by atoms with van der Waals surface area (Å²) in [5, 5.41) is 1.08. The number of H-pyrrole nitrogens is 1. The van der Waals surface area contributed by atoms with Crippen molar-refractivity contribution in [1.29, 1.82) is 0 Å². The van der Waals surface area contributed by atoms with Crippen molar-refractivity contribution in [2.75, 3.05) is 19.7 Å². The van der Waals surface area contributed by atoms with Gasteiger partial charge in [0.1, 0.15) is 6.10 Å². The van der Waals surface area contributed by atoms with Crippen molar-refractivity contribution in [2.45, 2.75) is 12.5 Å². The van der Waals surface area contributed by atoms with Gasteiger partial charge in [-0.3, -0.25) is 14.6 Å². The largest absolute Gasteiger partial charge is 0.368 e. The van der Waals surface area contributed by atoms with Gasteiger partial charge in [0, 0.05) is 41.0 Å². The molecule has 1 aliphatic rings. The first-order valence-electron chi connectivity index (χ1n) is 10.9. The number of carbonyl (C=O) groups excluding carboxylic acids is 2. The zero-order chi connectivity index (χ0) is 22.8. The molecule has 0 radical (unpaired) electrons. The summed E-state index contributed by atoms with van der Waals surface area (Å²) in [7, 11) is 0. The van der Waals surface area contributed by atoms with Gasteiger partial charge in [0.05, 0.1) is 25.3 Å². The highest BCUT2D eigenvalue weighted by molar-refractivity contribution is 5.94. The van der Waals surface area contributed by atoms with Crippen molar-refractivity contribution in [3.05, 3.63) is 89.9 Å². The molecule has 7 heteroatoms. The maximum absolute atomic E-state index is 13.0. The topological polar surface area (TPSA) is 101 Å². The summed E-state index contributed by atoms with van der Waals surface area (Å²) in [6.45, 7) is 1.49. The van der Waals surface area contributed by atoms with Crippen LogP contribution in [-0.4, -0.2) is 46.4 Å². The Labute approximate surface area is 191 Å². The van der Waals surface area contributed by atoms with Gasteiger partial charge >= 0.3 is 0 Å². The Bertz CT molecular complexity index is 1310. The number of benzene rings is 2. The van der Waals surface area contributed by atoms with Crippen LogP contribution < -0.4 is 5.73 Å². The van der Waals surface area contributed by atoms with Gasteiger partial charge in [-0.2, -0.15) is 0 Å². The Morgan fingerprint density at radius 1 is 1.09 bits per heavy atom. The van der Waals surface area contributed by atoms with E-state index >= 15 is 0 Å². The van der Waals surface area contributed by atoms with Crippen molar-refractivity contribution in [2.24, 2.45) is 5.73 Å². The summed E-state index contributed by atoms with van der Waals surface area (Å²) in [5.74, 6) is -0.387. The average molecular weight is 441 g/mol. The number of nitrogens with two attached hydrogens (primary N) is 1. The van der Waals surface area contributed by atoms with Crippen LogP contribution in [0.15, 0.2) is 73.1 Å². The van der Waals surface area contributed by atoms with E-state index in [4.69, 9.17) is 10.5 Å². The summed E-state index contributed by atoms with van der Waals surface area (Å²) in [4.78, 5) is 34.1. The van der Waals surface area contributed by atoms with Crippen LogP contribution in [0.1, 0.15) is 27.7 Å². The molecule has 1 saturated heterocycles. The van der Waals surface area contributed by atoms with Crippen molar-refractivity contribution in [1.82, 2.24) is 14.9 Å². The molecule has 3 heterocycles. The highest BCUT2D eigenvalue weighted by Crippen LogP contribution is 2.26. The highest BCUT2D eigenvalue weighted by Gasteiger charge is 2.26. The van der Waals surface area contributed by atoms with Crippen molar-refractivity contribution in [3.63, 3.8) is 0 Å². The third-order valence-corrected chi connectivity index (χ3v) is 6.03. The predicted molar refractivity (Wildman–Crippen MR) is 125 cm³/mol. The molecule has 0 saturated carbocycles. The van der Waals surface area contributed by atoms with Crippen molar-refractivity contribution >= 4 is 22.7 Å². The van der Waals surface area contributed by atoms with Crippen LogP contribution in [0.3, 0.4) is 0 Å². The second-order valence-electron chi connectivity index (χ2n) is 8.15. The Balaban J connectivity index is 1.28. The number of primary amides is 1. The molecule has 1 atom stereocenters. The molecule has 1 aliphatic heterocycles. The number of hydrogen-bond donors (Lipinski definition) is 2. The number of ether oxygens (including phenoxy) is 1. The number of rotatable bonds is 5. The molecule has 1 fully saturated rings. The number of nitrogens with one attached hydrogen (secondary N) is 1. The Hall–Kier alpha value is -3.97. The van der Waals surface area contributed by atoms with Crippen LogP contribution in [0.2, 0.25) is 0 Å². The monoisotopic (exact) mass is 440 g/mol. The third-order valence-electron chi connectivity index (χ3n) is 6.03. The lowest BCUT2D eigenvalue weighted by Gasteiger charge is -2.32. The van der Waals surface area contributed by atoms with Crippen LogP contribution in [0.5, 0.6) is 0 Å². The van der Waals surface area contributed by atoms with Gasteiger partial charge in [0.25, 0.3) is 0 Å². The van der Waals surface area contributed by atoms with Gasteiger partial charge in [0.2, 0.25) is 11.8 Å². The first-order valence-corrected chi connectivity index (χ1v) is 10.9. The Morgan fingerprint density at radius 3 is 2.79 bits per heavy atom. The zero-order valence-corrected chi connectivity index (χ0v) is 18.0. The molecule has 0 bridgehead atoms. The minimum Gasteiger partial charge on any atom is -0.368 e. The van der Waals surface area contributed by atoms with Crippen LogP contribution in [0.4, 0.5) is 0 Å². The number of nitrogens with zero attached hydrogens (tertiary/aromatic N) is 2. The smallest absolute Gasteiger partial charge is 0.248 e. The number of hydrogen-bond acceptors (Lipinski definition) is 4. The molecular weight excluding hydrogens is 416 g/mol. The molecule has 0 unspecified atom stereocenters. The molecule has 7 nitrogen and oxygen atoms in total. The zero-order valence-electron chi connectivity index (χ0n) is 18.0. The first kappa shape index (κ1) is 20.9. The molecule has 33 heavy (non-hydrogen) atoms. The highest BCUT2D eigenvalue weighted by atomic mass is 16.5. The number of amides is 2. The van der Waals surface area contributed by atoms with Gasteiger partial charge in [-0.25, -0.2) is 0 Å². The number of pyridine rings is 1. The molecule has 5 rings (SSSR count). The number of morpholine rings is 1. The first-order chi connectivity index (χ1) is 16.1. The van der Waals surface area contributed by atoms with Crippen LogP contribution >= 0.6 is 0 Å². The average Bonchev–Trinajstić information content (AvgIpc) is 3.27. The number of fused-ring (bicyclic) bond motifs is 1. The summed E-state index contributed by atoms with van der Waals surface area (Å²) < 4.78 is 5.92. The second-order valence-corrected chi connectivity index (χ2v) is 8.15. The lowest BCUT2D eigenvalue weighted by atomic mass is 10.0. The number of aromatic amines is 1. The lowest BCUT2D eigenvalue weighted by molar-refractivity contribution is -0.138. The van der Waals surface area contributed by atoms with Crippen molar-refractivity contribution < 1.29 is 14.3 Å². The van der Waals surface area contributed by atoms with E-state index < -0.39 is 5.91 Å². The number of aromatic nitrogens is 2. The van der Waals surface area contributed by atoms with Crippen molar-refractivity contribution in [3.8, 4) is 11.1 Å². The quantitative estimate of drug-likeness (QED) is 0.496. The van der Waals surface area contributed by atoms with Gasteiger partial charge in [-0.1, -0.05) is 36.4 Å². The molecule has 4 aromatic rings. The van der Waals surface area contributed by atoms with Gasteiger partial charge in [-0.15, -0.1) is 0 Å². The molecule has 2 aromatic carbocycles. The molecule has 0 spiro atoms. The Morgan fingerprint density at radius 2 is 1.97 bits per heavy atom. The fraction of sp³-hybridized carbons (Fsp3) is 0.192. The summed E-state index contributed by atoms with van der Waals surface area (Å²) in [5.41, 5.74) is 10.4. The Kier molecular flexibility index (Phi) is 5.62. The van der Waals surface area contributed by atoms with Gasteiger partial charge < -0.3 is 20.4 Å². The molecule has 3 N–H and O–H groups in total. The third kappa shape index (κ3) is 4.36. The van der Waals surface area contributed by atoms with E-state index in [1.807, 2.05) is 53.6 Å². The summed E-state index contributed by atoms with van der Waals surface area (Å²) in [6, 6.07) is 19.0. The minimum atomic E-state index is -0.463. The van der Waals surface area contributed by atoms with Gasteiger partial charge in [-0.05, 0) is 35.4 Å². The van der Waals surface area contributed by atoms with Gasteiger partial charge in [0.15, 0.2) is 0 Å². The fourth-order valence-corrected chi connectivity index (χ4v) is 4.23. The van der Waals surface area contributed by atoms with Crippen LogP contribution in [-0.2, 0) is 16.0 Å².